The zero-order valence-corrected chi connectivity index (χ0v) is 17.7. The number of hydrogen-bond donors (Lipinski definition) is 0. The van der Waals surface area contributed by atoms with Crippen molar-refractivity contribution in [2.75, 3.05) is 31.1 Å². The minimum atomic E-state index is -4.84. The highest BCUT2D eigenvalue weighted by Gasteiger charge is 2.32. The Hall–Kier alpha value is -3.19. The van der Waals surface area contributed by atoms with Gasteiger partial charge in [0.1, 0.15) is 29.5 Å². The van der Waals surface area contributed by atoms with Crippen LogP contribution in [0, 0.1) is 6.92 Å². The van der Waals surface area contributed by atoms with Gasteiger partial charge in [0.2, 0.25) is 10.0 Å². The molecule has 0 radical (unpaired) electrons. The topological polar surface area (TPSA) is 93.5 Å². The monoisotopic (exact) mass is 468 g/mol. The van der Waals surface area contributed by atoms with Gasteiger partial charge in [-0.1, -0.05) is 0 Å². The van der Waals surface area contributed by atoms with E-state index in [2.05, 4.69) is 19.7 Å². The van der Waals surface area contributed by atoms with Crippen LogP contribution in [0.4, 0.5) is 19.0 Å². The third-order valence-electron chi connectivity index (χ3n) is 4.84. The summed E-state index contributed by atoms with van der Waals surface area (Å²) in [6.07, 6.45) is 0.193. The molecule has 3 aromatic rings. The molecule has 0 bridgehead atoms. The first-order valence-electron chi connectivity index (χ1n) is 9.57. The number of benzene rings is 1. The SMILES string of the molecule is Cc1nc(N2CCN(S(=O)(=O)c3ccc(OC(F)(F)F)cc3)CC2)cc(-n2ccnc2)n1. The molecule has 1 saturated heterocycles. The molecule has 170 valence electrons. The molecule has 1 aliphatic heterocycles. The van der Waals surface area contributed by atoms with Crippen molar-refractivity contribution in [1.82, 2.24) is 23.8 Å². The van der Waals surface area contributed by atoms with Gasteiger partial charge in [-0.2, -0.15) is 4.31 Å². The molecule has 3 heterocycles. The normalized spacial score (nSPS) is 15.7. The minimum absolute atomic E-state index is 0.0965. The maximum Gasteiger partial charge on any atom is 0.573 e. The highest BCUT2D eigenvalue weighted by atomic mass is 32.2. The molecular formula is C19H19F3N6O3S. The number of anilines is 1. The molecule has 32 heavy (non-hydrogen) atoms. The van der Waals surface area contributed by atoms with E-state index in [0.717, 1.165) is 24.3 Å². The summed E-state index contributed by atoms with van der Waals surface area (Å²) in [5, 5.41) is 0. The fourth-order valence-electron chi connectivity index (χ4n) is 3.35. The number of alkyl halides is 3. The molecule has 1 fully saturated rings. The number of hydrogen-bond acceptors (Lipinski definition) is 7. The largest absolute Gasteiger partial charge is 0.573 e. The maximum atomic E-state index is 12.9. The summed E-state index contributed by atoms with van der Waals surface area (Å²) in [4.78, 5) is 14.7. The lowest BCUT2D eigenvalue weighted by atomic mass is 10.3. The van der Waals surface area contributed by atoms with Crippen LogP contribution in [0.15, 0.2) is 53.9 Å². The standard InChI is InChI=1S/C19H19F3N6O3S/c1-14-24-17(12-18(25-14)27-7-6-23-13-27)26-8-10-28(11-9-26)32(29,30)16-4-2-15(3-5-16)31-19(20,21)22/h2-7,12-13H,8-11H2,1H3. The van der Waals surface area contributed by atoms with Gasteiger partial charge in [-0.15, -0.1) is 13.2 Å². The van der Waals surface area contributed by atoms with E-state index < -0.39 is 22.1 Å². The molecule has 0 amide bonds. The van der Waals surface area contributed by atoms with Crippen molar-refractivity contribution >= 4 is 15.8 Å². The number of piperazine rings is 1. The van der Waals surface area contributed by atoms with Crippen LogP contribution in [0.2, 0.25) is 0 Å². The van der Waals surface area contributed by atoms with E-state index in [1.54, 1.807) is 36.3 Å². The first-order chi connectivity index (χ1) is 15.1. The first-order valence-corrected chi connectivity index (χ1v) is 11.0. The number of nitrogens with zero attached hydrogens (tertiary/aromatic N) is 6. The fraction of sp³-hybridized carbons (Fsp3) is 0.316. The molecule has 13 heteroatoms. The van der Waals surface area contributed by atoms with Crippen LogP contribution in [-0.4, -0.2) is 64.8 Å². The Morgan fingerprint density at radius 2 is 1.66 bits per heavy atom. The molecule has 0 atom stereocenters. The van der Waals surface area contributed by atoms with E-state index in [0.29, 0.717) is 30.5 Å². The van der Waals surface area contributed by atoms with Crippen LogP contribution < -0.4 is 9.64 Å². The van der Waals surface area contributed by atoms with Gasteiger partial charge in [0.25, 0.3) is 0 Å². The predicted octanol–water partition coefficient (Wildman–Crippen LogP) is 2.38. The van der Waals surface area contributed by atoms with E-state index in [1.807, 2.05) is 4.90 Å². The van der Waals surface area contributed by atoms with E-state index in [1.165, 1.54) is 4.31 Å². The van der Waals surface area contributed by atoms with Crippen molar-refractivity contribution in [3.8, 4) is 11.6 Å². The smallest absolute Gasteiger partial charge is 0.406 e. The van der Waals surface area contributed by atoms with E-state index in [9.17, 15) is 21.6 Å². The van der Waals surface area contributed by atoms with Crippen LogP contribution in [-0.2, 0) is 10.0 Å². The van der Waals surface area contributed by atoms with Crippen molar-refractivity contribution in [2.24, 2.45) is 0 Å². The van der Waals surface area contributed by atoms with Gasteiger partial charge in [0.15, 0.2) is 0 Å². The van der Waals surface area contributed by atoms with Crippen LogP contribution >= 0.6 is 0 Å². The zero-order valence-electron chi connectivity index (χ0n) is 16.9. The van der Waals surface area contributed by atoms with Crippen molar-refractivity contribution in [3.05, 3.63) is 54.9 Å². The van der Waals surface area contributed by atoms with Crippen molar-refractivity contribution in [3.63, 3.8) is 0 Å². The van der Waals surface area contributed by atoms with Gasteiger partial charge in [-0.25, -0.2) is 23.4 Å². The average molecular weight is 468 g/mol. The number of rotatable bonds is 5. The van der Waals surface area contributed by atoms with Gasteiger partial charge in [0.05, 0.1) is 4.90 Å². The van der Waals surface area contributed by atoms with Gasteiger partial charge in [0, 0.05) is 44.6 Å². The Labute approximate surface area is 182 Å². The summed E-state index contributed by atoms with van der Waals surface area (Å²) in [5.74, 6) is 1.42. The molecular weight excluding hydrogens is 449 g/mol. The van der Waals surface area contributed by atoms with E-state index >= 15 is 0 Å². The van der Waals surface area contributed by atoms with E-state index in [4.69, 9.17) is 0 Å². The summed E-state index contributed by atoms with van der Waals surface area (Å²) < 4.78 is 69.6. The van der Waals surface area contributed by atoms with Crippen LogP contribution in [0.25, 0.3) is 5.82 Å². The maximum absolute atomic E-state index is 12.9. The highest BCUT2D eigenvalue weighted by molar-refractivity contribution is 7.89. The molecule has 0 unspecified atom stereocenters. The molecule has 2 aromatic heterocycles. The Morgan fingerprint density at radius 3 is 2.25 bits per heavy atom. The van der Waals surface area contributed by atoms with Crippen LogP contribution in [0.3, 0.4) is 0 Å². The number of sulfonamides is 1. The molecule has 4 rings (SSSR count). The second-order valence-electron chi connectivity index (χ2n) is 7.01. The van der Waals surface area contributed by atoms with Crippen LogP contribution in [0.5, 0.6) is 5.75 Å². The average Bonchev–Trinajstić information content (AvgIpc) is 3.28. The number of aryl methyl sites for hydroxylation is 1. The summed E-state index contributed by atoms with van der Waals surface area (Å²) in [6.45, 7) is 2.97. The number of halogens is 3. The molecule has 0 aliphatic carbocycles. The second-order valence-corrected chi connectivity index (χ2v) is 8.95. The van der Waals surface area contributed by atoms with Crippen molar-refractivity contribution < 1.29 is 26.3 Å². The van der Waals surface area contributed by atoms with Gasteiger partial charge >= 0.3 is 6.36 Å². The molecule has 0 N–H and O–H groups in total. The molecule has 1 aliphatic rings. The first kappa shape index (κ1) is 22.0. The fourth-order valence-corrected chi connectivity index (χ4v) is 4.77. The number of aromatic nitrogens is 4. The summed E-state index contributed by atoms with van der Waals surface area (Å²) in [7, 11) is -3.86. The predicted molar refractivity (Wildman–Crippen MR) is 108 cm³/mol. The van der Waals surface area contributed by atoms with Crippen molar-refractivity contribution in [1.29, 1.82) is 0 Å². The summed E-state index contributed by atoms with van der Waals surface area (Å²) in [5.41, 5.74) is 0. The highest BCUT2D eigenvalue weighted by Crippen LogP contribution is 2.26. The quantitative estimate of drug-likeness (QED) is 0.568. The zero-order chi connectivity index (χ0) is 22.9. The Morgan fingerprint density at radius 1 is 1.00 bits per heavy atom. The molecule has 9 nitrogen and oxygen atoms in total. The summed E-state index contributed by atoms with van der Waals surface area (Å²) in [6, 6.07) is 5.98. The van der Waals surface area contributed by atoms with E-state index in [-0.39, 0.29) is 18.0 Å². The number of ether oxygens (including phenoxy) is 1. The van der Waals surface area contributed by atoms with Gasteiger partial charge in [-0.05, 0) is 31.2 Å². The van der Waals surface area contributed by atoms with Crippen molar-refractivity contribution in [2.45, 2.75) is 18.2 Å². The van der Waals surface area contributed by atoms with Crippen LogP contribution in [0.1, 0.15) is 5.82 Å². The second kappa shape index (κ2) is 8.39. The van der Waals surface area contributed by atoms with Gasteiger partial charge in [-0.3, -0.25) is 4.57 Å². The van der Waals surface area contributed by atoms with Gasteiger partial charge < -0.3 is 9.64 Å². The Kier molecular flexibility index (Phi) is 5.77. The molecule has 0 saturated carbocycles. The lowest BCUT2D eigenvalue weighted by molar-refractivity contribution is -0.274. The molecule has 0 spiro atoms. The lowest BCUT2D eigenvalue weighted by Gasteiger charge is -2.34. The summed E-state index contributed by atoms with van der Waals surface area (Å²) >= 11 is 0. The minimum Gasteiger partial charge on any atom is -0.406 e. The third-order valence-corrected chi connectivity index (χ3v) is 6.75. The third kappa shape index (κ3) is 4.83. The lowest BCUT2D eigenvalue weighted by Crippen LogP contribution is -2.49. The number of imidazole rings is 1. The molecule has 1 aromatic carbocycles. The Bertz CT molecular complexity index is 1180. The Balaban J connectivity index is 1.45.